The summed E-state index contributed by atoms with van der Waals surface area (Å²) in [5, 5.41) is 21.7. The molecule has 0 amide bonds. The van der Waals surface area contributed by atoms with Gasteiger partial charge in [0.2, 0.25) is 0 Å². The molecule has 0 unspecified atom stereocenters. The maximum absolute atomic E-state index is 9.72. The van der Waals surface area contributed by atoms with Crippen molar-refractivity contribution in [3.8, 4) is 11.1 Å². The Hall–Kier alpha value is -2.36. The number of aliphatic hydroxyl groups is 2. The predicted molar refractivity (Wildman–Crippen MR) is 100 cm³/mol. The first-order valence-electron chi connectivity index (χ1n) is 8.13. The summed E-state index contributed by atoms with van der Waals surface area (Å²) in [5.41, 5.74) is 2.64. The average Bonchev–Trinajstić information content (AvgIpc) is 2.66. The fraction of sp³-hybridized carbons (Fsp3) is 0.238. The zero-order chi connectivity index (χ0) is 17.2. The molecule has 0 fully saturated rings. The summed E-state index contributed by atoms with van der Waals surface area (Å²) in [4.78, 5) is 1.96. The summed E-state index contributed by atoms with van der Waals surface area (Å²) in [6.45, 7) is 1.62. The molecule has 0 radical (unpaired) electrons. The van der Waals surface area contributed by atoms with Crippen LogP contribution in [0.15, 0.2) is 66.7 Å². The quantitative estimate of drug-likeness (QED) is 0.753. The number of likely N-dealkylation sites (N-methyl/N-ethyl adjacent to an activating group) is 1. The van der Waals surface area contributed by atoms with Gasteiger partial charge >= 0.3 is 0 Å². The van der Waals surface area contributed by atoms with Gasteiger partial charge in [-0.15, -0.1) is 0 Å². The Kier molecular flexibility index (Phi) is 4.56. The van der Waals surface area contributed by atoms with E-state index < -0.39 is 5.54 Å². The molecule has 3 rings (SSSR count). The lowest BCUT2D eigenvalue weighted by atomic mass is 9.95. The number of rotatable bonds is 5. The second-order valence-electron chi connectivity index (χ2n) is 6.42. The predicted octanol–water partition coefficient (Wildman–Crippen LogP) is 3.69. The minimum atomic E-state index is -0.711. The van der Waals surface area contributed by atoms with Crippen LogP contribution in [0.3, 0.4) is 0 Å². The molecular weight excluding hydrogens is 298 g/mol. The van der Waals surface area contributed by atoms with Crippen LogP contribution < -0.4 is 4.90 Å². The highest BCUT2D eigenvalue weighted by atomic mass is 16.3. The normalized spacial score (nSPS) is 11.7. The van der Waals surface area contributed by atoms with Crippen molar-refractivity contribution in [2.75, 3.05) is 25.2 Å². The van der Waals surface area contributed by atoms with E-state index in [-0.39, 0.29) is 13.2 Å². The van der Waals surface area contributed by atoms with Crippen LogP contribution in [0.25, 0.3) is 21.9 Å². The molecule has 3 nitrogen and oxygen atoms in total. The molecule has 0 aromatic heterocycles. The Morgan fingerprint density at radius 2 is 1.38 bits per heavy atom. The van der Waals surface area contributed by atoms with Gasteiger partial charge in [-0.25, -0.2) is 0 Å². The lowest BCUT2D eigenvalue weighted by Gasteiger charge is -2.38. The maximum atomic E-state index is 9.72. The Bertz CT molecular complexity index is 826. The Labute approximate surface area is 142 Å². The first kappa shape index (κ1) is 16.5. The van der Waals surface area contributed by atoms with E-state index in [0.29, 0.717) is 0 Å². The van der Waals surface area contributed by atoms with Crippen LogP contribution in [-0.4, -0.2) is 36.0 Å². The molecule has 0 aliphatic heterocycles. The van der Waals surface area contributed by atoms with Crippen molar-refractivity contribution in [2.45, 2.75) is 12.5 Å². The Balaban J connectivity index is 2.20. The van der Waals surface area contributed by atoms with Crippen molar-refractivity contribution < 1.29 is 10.2 Å². The summed E-state index contributed by atoms with van der Waals surface area (Å²) in [6, 6.07) is 22.7. The van der Waals surface area contributed by atoms with Crippen LogP contribution in [0.5, 0.6) is 0 Å². The van der Waals surface area contributed by atoms with Crippen molar-refractivity contribution in [1.82, 2.24) is 0 Å². The average molecular weight is 321 g/mol. The van der Waals surface area contributed by atoms with Crippen molar-refractivity contribution in [2.24, 2.45) is 0 Å². The van der Waals surface area contributed by atoms with Crippen molar-refractivity contribution >= 4 is 16.5 Å². The topological polar surface area (TPSA) is 43.7 Å². The second-order valence-corrected chi connectivity index (χ2v) is 6.42. The van der Waals surface area contributed by atoms with E-state index in [4.69, 9.17) is 0 Å². The molecule has 3 aromatic carbocycles. The van der Waals surface area contributed by atoms with E-state index in [0.717, 1.165) is 16.5 Å². The molecule has 0 atom stereocenters. The van der Waals surface area contributed by atoms with Crippen molar-refractivity contribution in [3.63, 3.8) is 0 Å². The summed E-state index contributed by atoms with van der Waals surface area (Å²) in [7, 11) is 1.91. The Morgan fingerprint density at radius 1 is 0.792 bits per heavy atom. The van der Waals surface area contributed by atoms with E-state index in [1.165, 1.54) is 11.1 Å². The highest BCUT2D eigenvalue weighted by molar-refractivity contribution is 6.03. The van der Waals surface area contributed by atoms with Crippen LogP contribution in [0.4, 0.5) is 5.69 Å². The summed E-state index contributed by atoms with van der Waals surface area (Å²) < 4.78 is 0. The van der Waals surface area contributed by atoms with E-state index in [2.05, 4.69) is 36.4 Å². The fourth-order valence-corrected chi connectivity index (χ4v) is 3.00. The van der Waals surface area contributed by atoms with Crippen molar-refractivity contribution in [3.05, 3.63) is 66.7 Å². The van der Waals surface area contributed by atoms with Gasteiger partial charge in [0, 0.05) is 18.1 Å². The third-order valence-electron chi connectivity index (χ3n) is 4.84. The second kappa shape index (κ2) is 6.63. The minimum absolute atomic E-state index is 0.116. The first-order valence-corrected chi connectivity index (χ1v) is 8.13. The molecule has 3 aromatic rings. The largest absolute Gasteiger partial charge is 0.394 e. The molecule has 0 aliphatic carbocycles. The van der Waals surface area contributed by atoms with E-state index in [9.17, 15) is 10.2 Å². The van der Waals surface area contributed by atoms with Crippen LogP contribution in [-0.2, 0) is 0 Å². The smallest absolute Gasteiger partial charge is 0.0831 e. The van der Waals surface area contributed by atoms with Crippen LogP contribution in [0, 0.1) is 0 Å². The molecule has 0 saturated heterocycles. The molecule has 0 bridgehead atoms. The molecular formula is C21H23NO2. The van der Waals surface area contributed by atoms with Gasteiger partial charge in [-0.3, -0.25) is 0 Å². The molecule has 0 aliphatic rings. The van der Waals surface area contributed by atoms with Gasteiger partial charge in [0.05, 0.1) is 18.8 Å². The number of benzene rings is 3. The van der Waals surface area contributed by atoms with Gasteiger partial charge in [0.1, 0.15) is 0 Å². The molecule has 0 saturated carbocycles. The van der Waals surface area contributed by atoms with E-state index >= 15 is 0 Å². The third kappa shape index (κ3) is 2.77. The van der Waals surface area contributed by atoms with Gasteiger partial charge in [-0.05, 0) is 29.5 Å². The van der Waals surface area contributed by atoms with E-state index in [1.807, 2.05) is 49.2 Å². The summed E-state index contributed by atoms with van der Waals surface area (Å²) in [5.74, 6) is 0. The number of hydrogen-bond donors (Lipinski definition) is 2. The zero-order valence-corrected chi connectivity index (χ0v) is 14.1. The maximum Gasteiger partial charge on any atom is 0.0831 e. The SMILES string of the molecule is CN(c1ccc(-c2ccccc2)c2ccccc12)C(C)(CO)CO. The minimum Gasteiger partial charge on any atom is -0.394 e. The van der Waals surface area contributed by atoms with Gasteiger partial charge in [-0.1, -0.05) is 60.7 Å². The monoisotopic (exact) mass is 321 g/mol. The Morgan fingerprint density at radius 3 is 2.00 bits per heavy atom. The lowest BCUT2D eigenvalue weighted by molar-refractivity contribution is 0.130. The van der Waals surface area contributed by atoms with Gasteiger partial charge in [0.25, 0.3) is 0 Å². The number of aliphatic hydroxyl groups excluding tert-OH is 2. The van der Waals surface area contributed by atoms with Gasteiger partial charge < -0.3 is 15.1 Å². The number of anilines is 1. The van der Waals surface area contributed by atoms with Crippen LogP contribution in [0.2, 0.25) is 0 Å². The van der Waals surface area contributed by atoms with Gasteiger partial charge in [-0.2, -0.15) is 0 Å². The number of hydrogen-bond acceptors (Lipinski definition) is 3. The van der Waals surface area contributed by atoms with Crippen LogP contribution >= 0.6 is 0 Å². The van der Waals surface area contributed by atoms with Gasteiger partial charge in [0.15, 0.2) is 0 Å². The lowest BCUT2D eigenvalue weighted by Crippen LogP contribution is -2.50. The molecule has 0 heterocycles. The number of nitrogens with zero attached hydrogens (tertiary/aromatic N) is 1. The third-order valence-corrected chi connectivity index (χ3v) is 4.84. The fourth-order valence-electron chi connectivity index (χ4n) is 3.00. The molecule has 2 N–H and O–H groups in total. The summed E-state index contributed by atoms with van der Waals surface area (Å²) >= 11 is 0. The summed E-state index contributed by atoms with van der Waals surface area (Å²) in [6.07, 6.45) is 0. The number of fused-ring (bicyclic) bond motifs is 1. The van der Waals surface area contributed by atoms with E-state index in [1.54, 1.807) is 0 Å². The molecule has 124 valence electrons. The zero-order valence-electron chi connectivity index (χ0n) is 14.1. The molecule has 0 spiro atoms. The standard InChI is InChI=1S/C21H23NO2/c1-21(14-23,15-24)22(2)20-13-12-17(16-8-4-3-5-9-16)18-10-6-7-11-19(18)20/h3-13,23-24H,14-15H2,1-2H3. The molecule has 3 heteroatoms. The first-order chi connectivity index (χ1) is 11.6. The van der Waals surface area contributed by atoms with Crippen LogP contribution in [0.1, 0.15) is 6.92 Å². The van der Waals surface area contributed by atoms with Crippen molar-refractivity contribution in [1.29, 1.82) is 0 Å². The highest BCUT2D eigenvalue weighted by Gasteiger charge is 2.29. The molecule has 24 heavy (non-hydrogen) atoms. The highest BCUT2D eigenvalue weighted by Crippen LogP contribution is 2.36.